The number of hydrogen-bond acceptors (Lipinski definition) is 1. The second-order valence-electron chi connectivity index (χ2n) is 2.23. The molecule has 0 atom stereocenters. The maximum atomic E-state index is 12.2. The number of rotatable bonds is 4. The zero-order chi connectivity index (χ0) is 11.6. The fourth-order valence-corrected chi connectivity index (χ4v) is 0.542. The number of hydrogen-bond donors (Lipinski definition) is 0. The van der Waals surface area contributed by atoms with Gasteiger partial charge in [0.05, 0.1) is 0 Å². The Kier molecular flexibility index (Phi) is 4.02. The van der Waals surface area contributed by atoms with Crippen LogP contribution in [0.3, 0.4) is 0 Å². The largest absolute Gasteiger partial charge is 0.459 e. The number of ether oxygens (including phenoxy) is 1. The van der Waals surface area contributed by atoms with Gasteiger partial charge in [-0.3, -0.25) is 0 Å². The van der Waals surface area contributed by atoms with E-state index in [1.54, 1.807) is 0 Å². The minimum atomic E-state index is -6.33. The molecule has 0 aliphatic rings. The van der Waals surface area contributed by atoms with E-state index in [-0.39, 0.29) is 0 Å². The summed E-state index contributed by atoms with van der Waals surface area (Å²) in [6, 6.07) is -0.899. The molecule has 0 aliphatic heterocycles. The predicted octanol–water partition coefficient (Wildman–Crippen LogP) is 3.03. The van der Waals surface area contributed by atoms with Crippen LogP contribution in [0.25, 0.3) is 0 Å². The third-order valence-corrected chi connectivity index (χ3v) is 1.33. The lowest BCUT2D eigenvalue weighted by molar-refractivity contribution is -0.360. The van der Waals surface area contributed by atoms with Crippen LogP contribution in [0.5, 0.6) is 0 Å². The average molecular weight is 249 g/mol. The van der Waals surface area contributed by atoms with E-state index < -0.39 is 30.7 Å². The van der Waals surface area contributed by atoms with E-state index in [4.69, 9.17) is 11.6 Å². The van der Waals surface area contributed by atoms with Crippen LogP contribution >= 0.6 is 11.6 Å². The van der Waals surface area contributed by atoms with Gasteiger partial charge in [0.2, 0.25) is 0 Å². The van der Waals surface area contributed by atoms with E-state index in [1.807, 2.05) is 0 Å². The Bertz CT molecular complexity index is 189. The molecule has 0 heterocycles. The highest BCUT2D eigenvalue weighted by molar-refractivity contribution is 6.17. The van der Waals surface area contributed by atoms with E-state index in [0.717, 1.165) is 0 Å². The number of alkyl halides is 8. The SMILES string of the molecule is FC(F)(F)C(F)(F)C(F)(F)COCCl. The van der Waals surface area contributed by atoms with Crippen LogP contribution in [-0.4, -0.2) is 30.7 Å². The molecule has 86 valence electrons. The zero-order valence-electron chi connectivity index (χ0n) is 6.35. The minimum absolute atomic E-state index is 0.899. The van der Waals surface area contributed by atoms with Gasteiger partial charge >= 0.3 is 18.0 Å². The standard InChI is InChI=1S/C5H4ClF7O/c6-2-14-1-3(7,8)4(9,10)5(11,12)13/h1-2H2. The molecule has 0 bridgehead atoms. The van der Waals surface area contributed by atoms with Gasteiger partial charge in [-0.2, -0.15) is 30.7 Å². The summed E-state index contributed by atoms with van der Waals surface area (Å²) in [5, 5.41) is 0. The van der Waals surface area contributed by atoms with Crippen molar-refractivity contribution in [1.82, 2.24) is 0 Å². The smallest absolute Gasteiger partial charge is 0.359 e. The maximum Gasteiger partial charge on any atom is 0.459 e. The Labute approximate surface area is 78.8 Å². The third kappa shape index (κ3) is 2.63. The first kappa shape index (κ1) is 13.8. The first-order valence-corrected chi connectivity index (χ1v) is 3.56. The lowest BCUT2D eigenvalue weighted by Crippen LogP contribution is -2.54. The van der Waals surface area contributed by atoms with Crippen LogP contribution in [0.4, 0.5) is 30.7 Å². The second kappa shape index (κ2) is 4.09. The van der Waals surface area contributed by atoms with Gasteiger partial charge in [-0.1, -0.05) is 11.6 Å². The van der Waals surface area contributed by atoms with Crippen LogP contribution < -0.4 is 0 Å². The fourth-order valence-electron chi connectivity index (χ4n) is 0.465. The summed E-state index contributed by atoms with van der Waals surface area (Å²) in [6.45, 7) is -2.09. The molecule has 0 spiro atoms. The summed E-state index contributed by atoms with van der Waals surface area (Å²) in [7, 11) is 0. The van der Waals surface area contributed by atoms with Gasteiger partial charge < -0.3 is 4.74 Å². The van der Waals surface area contributed by atoms with Gasteiger partial charge in [-0.15, -0.1) is 0 Å². The summed E-state index contributed by atoms with van der Waals surface area (Å²) in [5.41, 5.74) is 0. The van der Waals surface area contributed by atoms with Crippen molar-refractivity contribution in [3.8, 4) is 0 Å². The van der Waals surface area contributed by atoms with Gasteiger partial charge in [-0.25, -0.2) is 0 Å². The fraction of sp³-hybridized carbons (Fsp3) is 1.00. The number of halogens is 8. The first-order chi connectivity index (χ1) is 6.06. The third-order valence-electron chi connectivity index (χ3n) is 1.18. The molecule has 0 unspecified atom stereocenters. The molecule has 0 saturated heterocycles. The van der Waals surface area contributed by atoms with Gasteiger partial charge in [0.25, 0.3) is 0 Å². The van der Waals surface area contributed by atoms with Crippen LogP contribution in [0.15, 0.2) is 0 Å². The molecule has 9 heteroatoms. The van der Waals surface area contributed by atoms with E-state index in [2.05, 4.69) is 4.74 Å². The molecule has 0 radical (unpaired) electrons. The quantitative estimate of drug-likeness (QED) is 0.549. The summed E-state index contributed by atoms with van der Waals surface area (Å²) >= 11 is 4.69. The Morgan fingerprint density at radius 2 is 1.36 bits per heavy atom. The summed E-state index contributed by atoms with van der Waals surface area (Å²) in [4.78, 5) is 0. The minimum Gasteiger partial charge on any atom is -0.359 e. The molecule has 0 N–H and O–H groups in total. The lowest BCUT2D eigenvalue weighted by Gasteiger charge is -2.27. The molecule has 0 amide bonds. The van der Waals surface area contributed by atoms with Crippen molar-refractivity contribution in [2.75, 3.05) is 12.7 Å². The van der Waals surface area contributed by atoms with Crippen LogP contribution in [0, 0.1) is 0 Å². The monoisotopic (exact) mass is 248 g/mol. The van der Waals surface area contributed by atoms with E-state index >= 15 is 0 Å². The molecule has 0 aliphatic carbocycles. The molecule has 0 aromatic rings. The average Bonchev–Trinajstić information content (AvgIpc) is 1.98. The van der Waals surface area contributed by atoms with Crippen LogP contribution in [-0.2, 0) is 4.74 Å². The zero-order valence-corrected chi connectivity index (χ0v) is 7.10. The summed E-state index contributed by atoms with van der Waals surface area (Å²) in [5.74, 6) is -11.5. The Hall–Kier alpha value is -0.240. The van der Waals surface area contributed by atoms with Gasteiger partial charge in [0, 0.05) is 0 Å². The van der Waals surface area contributed by atoms with E-state index in [1.165, 1.54) is 0 Å². The molecule has 1 nitrogen and oxygen atoms in total. The molecule has 0 aromatic heterocycles. The molecular weight excluding hydrogens is 244 g/mol. The molecule has 0 fully saturated rings. The van der Waals surface area contributed by atoms with Crippen molar-refractivity contribution in [1.29, 1.82) is 0 Å². The Morgan fingerprint density at radius 1 is 0.929 bits per heavy atom. The summed E-state index contributed by atoms with van der Waals surface area (Å²) in [6.07, 6.45) is -6.33. The van der Waals surface area contributed by atoms with Crippen LogP contribution in [0.1, 0.15) is 0 Å². The van der Waals surface area contributed by atoms with E-state index in [9.17, 15) is 30.7 Å². The maximum absolute atomic E-state index is 12.2. The molecule has 0 saturated carbocycles. The predicted molar refractivity (Wildman–Crippen MR) is 32.6 cm³/mol. The van der Waals surface area contributed by atoms with Crippen LogP contribution in [0.2, 0.25) is 0 Å². The highest BCUT2D eigenvalue weighted by Crippen LogP contribution is 2.46. The molecule has 0 aromatic carbocycles. The topological polar surface area (TPSA) is 9.23 Å². The van der Waals surface area contributed by atoms with Gasteiger partial charge in [0.15, 0.2) is 0 Å². The highest BCUT2D eigenvalue weighted by Gasteiger charge is 2.72. The van der Waals surface area contributed by atoms with Crippen molar-refractivity contribution in [3.05, 3.63) is 0 Å². The summed E-state index contributed by atoms with van der Waals surface area (Å²) < 4.78 is 86.5. The molecule has 0 rings (SSSR count). The second-order valence-corrected chi connectivity index (χ2v) is 2.45. The molecular formula is C5H4ClF7O. The van der Waals surface area contributed by atoms with E-state index in [0.29, 0.717) is 0 Å². The normalized spacial score (nSPS) is 14.6. The van der Waals surface area contributed by atoms with Crippen molar-refractivity contribution >= 4 is 11.6 Å². The van der Waals surface area contributed by atoms with Crippen molar-refractivity contribution in [2.45, 2.75) is 18.0 Å². The van der Waals surface area contributed by atoms with Gasteiger partial charge in [0.1, 0.15) is 12.7 Å². The van der Waals surface area contributed by atoms with Crippen molar-refractivity contribution < 1.29 is 35.5 Å². The lowest BCUT2D eigenvalue weighted by atomic mass is 10.2. The van der Waals surface area contributed by atoms with Crippen molar-refractivity contribution in [3.63, 3.8) is 0 Å². The van der Waals surface area contributed by atoms with Gasteiger partial charge in [-0.05, 0) is 0 Å². The highest BCUT2D eigenvalue weighted by atomic mass is 35.5. The Balaban J connectivity index is 4.69. The Morgan fingerprint density at radius 3 is 1.64 bits per heavy atom. The first-order valence-electron chi connectivity index (χ1n) is 3.02. The van der Waals surface area contributed by atoms with Crippen molar-refractivity contribution in [2.24, 2.45) is 0 Å². The molecule has 14 heavy (non-hydrogen) atoms.